The van der Waals surface area contributed by atoms with E-state index in [0.29, 0.717) is 6.54 Å². The predicted molar refractivity (Wildman–Crippen MR) is 52.2 cm³/mol. The highest BCUT2D eigenvalue weighted by Gasteiger charge is 2.12. The van der Waals surface area contributed by atoms with Crippen LogP contribution in [0.15, 0.2) is 0 Å². The van der Waals surface area contributed by atoms with Gasteiger partial charge in [-0.25, -0.2) is 4.79 Å². The van der Waals surface area contributed by atoms with Gasteiger partial charge < -0.3 is 20.6 Å². The molecule has 0 aliphatic heterocycles. The van der Waals surface area contributed by atoms with Crippen LogP contribution in [0.3, 0.4) is 0 Å². The van der Waals surface area contributed by atoms with Crippen LogP contribution in [0.5, 0.6) is 0 Å². The Kier molecular flexibility index (Phi) is 5.62. The molecular weight excluding hydrogens is 186 g/mol. The molecule has 6 heteroatoms. The molecule has 1 atom stereocenters. The molecule has 2 amide bonds. The summed E-state index contributed by atoms with van der Waals surface area (Å²) >= 11 is 0. The Hall–Kier alpha value is -1.30. The summed E-state index contributed by atoms with van der Waals surface area (Å²) in [5.41, 5.74) is 0. The van der Waals surface area contributed by atoms with Crippen LogP contribution >= 0.6 is 0 Å². The highest BCUT2D eigenvalue weighted by atomic mass is 16.4. The van der Waals surface area contributed by atoms with E-state index < -0.39 is 18.0 Å². The number of carboxylic acids is 1. The number of carbonyl (C=O) groups is 2. The summed E-state index contributed by atoms with van der Waals surface area (Å²) in [7, 11) is 3.78. The first-order chi connectivity index (χ1) is 6.43. The lowest BCUT2D eigenvalue weighted by Crippen LogP contribution is -2.45. The molecule has 0 fully saturated rings. The molecule has 0 aromatic carbocycles. The second-order valence-electron chi connectivity index (χ2n) is 3.26. The minimum Gasteiger partial charge on any atom is -0.480 e. The van der Waals surface area contributed by atoms with Gasteiger partial charge in [-0.1, -0.05) is 0 Å². The predicted octanol–water partition coefficient (Wildman–Crippen LogP) is -0.680. The zero-order chi connectivity index (χ0) is 11.1. The zero-order valence-corrected chi connectivity index (χ0v) is 8.70. The first kappa shape index (κ1) is 12.7. The van der Waals surface area contributed by atoms with Crippen LogP contribution in [0, 0.1) is 0 Å². The van der Waals surface area contributed by atoms with Gasteiger partial charge in [0.05, 0.1) is 0 Å². The van der Waals surface area contributed by atoms with Gasteiger partial charge in [-0.15, -0.1) is 0 Å². The molecule has 0 aliphatic rings. The normalized spacial score (nSPS) is 12.3. The number of hydrogen-bond donors (Lipinski definition) is 3. The molecule has 0 aromatic rings. The molecule has 14 heavy (non-hydrogen) atoms. The van der Waals surface area contributed by atoms with Gasteiger partial charge in [0.15, 0.2) is 0 Å². The third-order valence-electron chi connectivity index (χ3n) is 1.56. The first-order valence-electron chi connectivity index (χ1n) is 4.35. The number of carbonyl (C=O) groups excluding carboxylic acids is 1. The number of nitrogens with one attached hydrogen (secondary N) is 2. The van der Waals surface area contributed by atoms with Crippen LogP contribution in [-0.4, -0.2) is 55.2 Å². The topological polar surface area (TPSA) is 81.7 Å². The van der Waals surface area contributed by atoms with E-state index in [1.54, 1.807) is 0 Å². The smallest absolute Gasteiger partial charge is 0.325 e. The number of hydrogen-bond acceptors (Lipinski definition) is 3. The number of urea groups is 1. The van der Waals surface area contributed by atoms with Gasteiger partial charge >= 0.3 is 12.0 Å². The molecule has 0 bridgehead atoms. The molecule has 0 radical (unpaired) electrons. The molecule has 0 saturated heterocycles. The van der Waals surface area contributed by atoms with Gasteiger partial charge in [-0.05, 0) is 21.0 Å². The molecule has 0 spiro atoms. The molecule has 0 saturated carbocycles. The Bertz CT molecular complexity index is 206. The van der Waals surface area contributed by atoms with Crippen molar-refractivity contribution >= 4 is 12.0 Å². The summed E-state index contributed by atoms with van der Waals surface area (Å²) in [5, 5.41) is 13.3. The van der Waals surface area contributed by atoms with Crippen LogP contribution in [0.25, 0.3) is 0 Å². The maximum absolute atomic E-state index is 11.0. The van der Waals surface area contributed by atoms with Gasteiger partial charge in [0.1, 0.15) is 6.04 Å². The molecule has 3 N–H and O–H groups in total. The second-order valence-corrected chi connectivity index (χ2v) is 3.26. The summed E-state index contributed by atoms with van der Waals surface area (Å²) in [6.07, 6.45) is 0. The number of nitrogens with zero attached hydrogens (tertiary/aromatic N) is 1. The number of rotatable bonds is 5. The quantitative estimate of drug-likeness (QED) is 0.553. The zero-order valence-electron chi connectivity index (χ0n) is 8.70. The van der Waals surface area contributed by atoms with Crippen LogP contribution < -0.4 is 10.6 Å². The van der Waals surface area contributed by atoms with Crippen molar-refractivity contribution in [1.29, 1.82) is 0 Å². The van der Waals surface area contributed by atoms with Crippen molar-refractivity contribution in [3.05, 3.63) is 0 Å². The maximum Gasteiger partial charge on any atom is 0.325 e. The summed E-state index contributed by atoms with van der Waals surface area (Å²) < 4.78 is 0. The molecule has 0 aromatic heterocycles. The molecule has 0 aliphatic carbocycles. The Balaban J connectivity index is 3.60. The Morgan fingerprint density at radius 1 is 1.43 bits per heavy atom. The van der Waals surface area contributed by atoms with Crippen LogP contribution in [0.1, 0.15) is 6.92 Å². The maximum atomic E-state index is 11.0. The first-order valence-corrected chi connectivity index (χ1v) is 4.35. The van der Waals surface area contributed by atoms with Crippen LogP contribution in [-0.2, 0) is 4.79 Å². The number of amides is 2. The van der Waals surface area contributed by atoms with Gasteiger partial charge in [-0.3, -0.25) is 4.79 Å². The van der Waals surface area contributed by atoms with Gasteiger partial charge in [0.25, 0.3) is 0 Å². The summed E-state index contributed by atoms with van der Waals surface area (Å²) in [4.78, 5) is 23.3. The Morgan fingerprint density at radius 3 is 2.43 bits per heavy atom. The summed E-state index contributed by atoms with van der Waals surface area (Å²) in [6, 6.07) is -1.32. The average molecular weight is 203 g/mol. The Labute approximate surface area is 83.3 Å². The lowest BCUT2D eigenvalue weighted by molar-refractivity contribution is -0.138. The summed E-state index contributed by atoms with van der Waals surface area (Å²) in [5.74, 6) is -1.05. The van der Waals surface area contributed by atoms with Crippen molar-refractivity contribution in [2.75, 3.05) is 27.2 Å². The monoisotopic (exact) mass is 203 g/mol. The van der Waals surface area contributed by atoms with Gasteiger partial charge in [0.2, 0.25) is 0 Å². The van der Waals surface area contributed by atoms with Crippen molar-refractivity contribution in [3.63, 3.8) is 0 Å². The van der Waals surface area contributed by atoms with Crippen molar-refractivity contribution < 1.29 is 14.7 Å². The van der Waals surface area contributed by atoms with Crippen LogP contribution in [0.4, 0.5) is 4.79 Å². The van der Waals surface area contributed by atoms with Crippen LogP contribution in [0.2, 0.25) is 0 Å². The van der Waals surface area contributed by atoms with E-state index in [-0.39, 0.29) is 0 Å². The molecule has 82 valence electrons. The standard InChI is InChI=1S/C8H17N3O3/c1-6(7(12)13)10-8(14)9-4-5-11(2)3/h6H,4-5H2,1-3H3,(H,12,13)(H2,9,10,14)/t6-/m1/s1. The minimum absolute atomic E-state index is 0.457. The summed E-state index contributed by atoms with van der Waals surface area (Å²) in [6.45, 7) is 2.62. The molecule has 6 nitrogen and oxygen atoms in total. The third-order valence-corrected chi connectivity index (χ3v) is 1.56. The van der Waals surface area contributed by atoms with Crippen molar-refractivity contribution in [1.82, 2.24) is 15.5 Å². The third kappa shape index (κ3) is 6.24. The lowest BCUT2D eigenvalue weighted by atomic mass is 10.3. The molecule has 0 rings (SSSR count). The van der Waals surface area contributed by atoms with E-state index in [9.17, 15) is 9.59 Å². The highest BCUT2D eigenvalue weighted by molar-refractivity contribution is 5.82. The van der Waals surface area contributed by atoms with E-state index in [0.717, 1.165) is 6.54 Å². The van der Waals surface area contributed by atoms with Crippen molar-refractivity contribution in [2.45, 2.75) is 13.0 Å². The van der Waals surface area contributed by atoms with E-state index in [1.807, 2.05) is 19.0 Å². The molecule has 0 heterocycles. The number of likely N-dealkylation sites (N-methyl/N-ethyl adjacent to an activating group) is 1. The minimum atomic E-state index is -1.05. The van der Waals surface area contributed by atoms with Crippen molar-refractivity contribution in [3.8, 4) is 0 Å². The fourth-order valence-corrected chi connectivity index (χ4v) is 0.702. The average Bonchev–Trinajstić information content (AvgIpc) is 2.02. The number of aliphatic carboxylic acids is 1. The second kappa shape index (κ2) is 6.20. The molecule has 0 unspecified atom stereocenters. The number of carboxylic acid groups (broad SMARTS) is 1. The largest absolute Gasteiger partial charge is 0.480 e. The van der Waals surface area contributed by atoms with Gasteiger partial charge in [0, 0.05) is 13.1 Å². The van der Waals surface area contributed by atoms with E-state index in [4.69, 9.17) is 5.11 Å². The van der Waals surface area contributed by atoms with E-state index in [1.165, 1.54) is 6.92 Å². The lowest BCUT2D eigenvalue weighted by Gasteiger charge is -2.12. The SMILES string of the molecule is C[C@@H](NC(=O)NCCN(C)C)C(=O)O. The Morgan fingerprint density at radius 2 is 2.00 bits per heavy atom. The van der Waals surface area contributed by atoms with Gasteiger partial charge in [-0.2, -0.15) is 0 Å². The fraction of sp³-hybridized carbons (Fsp3) is 0.750. The van der Waals surface area contributed by atoms with E-state index in [2.05, 4.69) is 10.6 Å². The highest BCUT2D eigenvalue weighted by Crippen LogP contribution is 1.80. The van der Waals surface area contributed by atoms with Crippen molar-refractivity contribution in [2.24, 2.45) is 0 Å². The molecular formula is C8H17N3O3. The van der Waals surface area contributed by atoms with E-state index >= 15 is 0 Å². The fourth-order valence-electron chi connectivity index (χ4n) is 0.702.